The number of nitrogens with one attached hydrogen (secondary N) is 1. The average molecular weight is 376 g/mol. The lowest BCUT2D eigenvalue weighted by molar-refractivity contribution is 0.0694. The van der Waals surface area contributed by atoms with E-state index in [1.807, 2.05) is 12.1 Å². The second-order valence-electron chi connectivity index (χ2n) is 5.34. The molecule has 7 heteroatoms. The quantitative estimate of drug-likeness (QED) is 0.634. The zero-order valence-electron chi connectivity index (χ0n) is 12.9. The molecule has 3 aromatic carbocycles. The predicted octanol–water partition coefficient (Wildman–Crippen LogP) is 3.71. The van der Waals surface area contributed by atoms with E-state index in [1.54, 1.807) is 36.4 Å². The summed E-state index contributed by atoms with van der Waals surface area (Å²) in [6, 6.07) is 15.0. The van der Waals surface area contributed by atoms with E-state index in [0.717, 1.165) is 5.56 Å². The molecule has 3 rings (SSSR count). The maximum absolute atomic E-state index is 12.7. The van der Waals surface area contributed by atoms with Gasteiger partial charge in [0.2, 0.25) is 0 Å². The minimum absolute atomic E-state index is 0.282. The number of carboxylic acids is 1. The lowest BCUT2D eigenvalue weighted by Gasteiger charge is -2.11. The van der Waals surface area contributed by atoms with Crippen LogP contribution >= 0.6 is 11.6 Å². The van der Waals surface area contributed by atoms with Gasteiger partial charge in [0.05, 0.1) is 4.90 Å². The number of carboxylic acid groups (broad SMARTS) is 1. The number of fused-ring (bicyclic) bond motifs is 1. The van der Waals surface area contributed by atoms with Gasteiger partial charge in [-0.2, -0.15) is 0 Å². The Morgan fingerprint density at radius 3 is 2.36 bits per heavy atom. The molecule has 3 N–H and O–H groups in total. The van der Waals surface area contributed by atoms with Crippen molar-refractivity contribution in [2.75, 3.05) is 0 Å². The third-order valence-electron chi connectivity index (χ3n) is 3.73. The number of aromatic carboxylic acids is 1. The molecule has 5 nitrogen and oxygen atoms in total. The van der Waals surface area contributed by atoms with E-state index in [9.17, 15) is 19.2 Å². The molecule has 1 atom stereocenters. The highest BCUT2D eigenvalue weighted by molar-refractivity contribution is 7.83. The SMILES string of the molecule is O=C(O)c1cc(S(=O)NCc2ccc(Cl)cc2)c2ccccc2c1O. The Kier molecular flexibility index (Phi) is 5.03. The minimum atomic E-state index is -1.66. The summed E-state index contributed by atoms with van der Waals surface area (Å²) >= 11 is 5.84. The fourth-order valence-electron chi connectivity index (χ4n) is 2.47. The fraction of sp³-hybridized carbons (Fsp3) is 0.0556. The molecule has 0 aliphatic rings. The molecule has 0 radical (unpaired) electrons. The standard InChI is InChI=1S/C18H14ClNO4S/c19-12-7-5-11(6-8-12)10-20-25(24)16-9-15(18(22)23)17(21)14-4-2-1-3-13(14)16/h1-9,20-21H,10H2,(H,22,23). The van der Waals surface area contributed by atoms with E-state index >= 15 is 0 Å². The van der Waals surface area contributed by atoms with Crippen LogP contribution in [0.3, 0.4) is 0 Å². The number of hydrogen-bond donors (Lipinski definition) is 3. The van der Waals surface area contributed by atoms with Crippen molar-refractivity contribution in [1.29, 1.82) is 0 Å². The highest BCUT2D eigenvalue weighted by Crippen LogP contribution is 2.33. The largest absolute Gasteiger partial charge is 0.506 e. The van der Waals surface area contributed by atoms with E-state index < -0.39 is 17.0 Å². The molecule has 0 spiro atoms. The molecule has 0 saturated carbocycles. The summed E-state index contributed by atoms with van der Waals surface area (Å²) in [6.07, 6.45) is 0. The van der Waals surface area contributed by atoms with Gasteiger partial charge in [-0.15, -0.1) is 0 Å². The Hall–Kier alpha value is -2.41. The molecule has 0 aromatic heterocycles. The van der Waals surface area contributed by atoms with Crippen molar-refractivity contribution in [2.45, 2.75) is 11.4 Å². The third-order valence-corrected chi connectivity index (χ3v) is 5.12. The number of benzene rings is 3. The van der Waals surface area contributed by atoms with Crippen molar-refractivity contribution in [3.05, 3.63) is 70.7 Å². The molecule has 128 valence electrons. The van der Waals surface area contributed by atoms with Crippen molar-refractivity contribution in [3.8, 4) is 5.75 Å². The summed E-state index contributed by atoms with van der Waals surface area (Å²) in [6.45, 7) is 0.321. The number of phenols is 1. The van der Waals surface area contributed by atoms with Crippen LogP contribution in [0.5, 0.6) is 5.75 Å². The van der Waals surface area contributed by atoms with Crippen LogP contribution in [-0.4, -0.2) is 20.4 Å². The Balaban J connectivity index is 1.96. The molecule has 0 heterocycles. The summed E-state index contributed by atoms with van der Waals surface area (Å²) in [5.41, 5.74) is 0.606. The zero-order valence-corrected chi connectivity index (χ0v) is 14.5. The summed E-state index contributed by atoms with van der Waals surface area (Å²) in [4.78, 5) is 11.7. The van der Waals surface area contributed by atoms with Crippen LogP contribution in [0.1, 0.15) is 15.9 Å². The van der Waals surface area contributed by atoms with Crippen molar-refractivity contribution >= 4 is 39.3 Å². The van der Waals surface area contributed by atoms with E-state index in [0.29, 0.717) is 27.2 Å². The Morgan fingerprint density at radius 2 is 1.72 bits per heavy atom. The van der Waals surface area contributed by atoms with Gasteiger partial charge in [0, 0.05) is 22.3 Å². The van der Waals surface area contributed by atoms with Crippen molar-refractivity contribution in [2.24, 2.45) is 0 Å². The highest BCUT2D eigenvalue weighted by Gasteiger charge is 2.19. The van der Waals surface area contributed by atoms with Gasteiger partial charge in [-0.05, 0) is 23.8 Å². The van der Waals surface area contributed by atoms with E-state index in [-0.39, 0.29) is 11.3 Å². The fourth-order valence-corrected chi connectivity index (χ4v) is 3.65. The molecular weight excluding hydrogens is 362 g/mol. The van der Waals surface area contributed by atoms with Gasteiger partial charge in [-0.1, -0.05) is 48.0 Å². The van der Waals surface area contributed by atoms with Crippen LogP contribution in [0.4, 0.5) is 0 Å². The first-order valence-electron chi connectivity index (χ1n) is 7.35. The number of halogens is 1. The molecule has 0 saturated heterocycles. The van der Waals surface area contributed by atoms with Gasteiger partial charge in [-0.3, -0.25) is 0 Å². The Labute approximate surface area is 151 Å². The molecule has 0 bridgehead atoms. The first-order valence-corrected chi connectivity index (χ1v) is 8.88. The molecule has 0 aliphatic carbocycles. The van der Waals surface area contributed by atoms with Crippen LogP contribution < -0.4 is 4.72 Å². The zero-order chi connectivity index (χ0) is 18.0. The summed E-state index contributed by atoms with van der Waals surface area (Å²) < 4.78 is 15.6. The van der Waals surface area contributed by atoms with Crippen molar-refractivity contribution in [3.63, 3.8) is 0 Å². The molecule has 1 unspecified atom stereocenters. The van der Waals surface area contributed by atoms with Gasteiger partial charge < -0.3 is 10.2 Å². The first-order chi connectivity index (χ1) is 12.0. The normalized spacial score (nSPS) is 12.2. The third kappa shape index (κ3) is 3.66. The first kappa shape index (κ1) is 17.4. The van der Waals surface area contributed by atoms with Crippen LogP contribution in [-0.2, 0) is 17.5 Å². The topological polar surface area (TPSA) is 86.6 Å². The molecular formula is C18H14ClNO4S. The van der Waals surface area contributed by atoms with Crippen molar-refractivity contribution in [1.82, 2.24) is 4.72 Å². The highest BCUT2D eigenvalue weighted by atomic mass is 35.5. The molecule has 3 aromatic rings. The van der Waals surface area contributed by atoms with Crippen LogP contribution in [0.2, 0.25) is 5.02 Å². The number of hydrogen-bond acceptors (Lipinski definition) is 3. The van der Waals surface area contributed by atoms with Crippen LogP contribution in [0, 0.1) is 0 Å². The lowest BCUT2D eigenvalue weighted by atomic mass is 10.1. The number of carbonyl (C=O) groups is 1. The maximum Gasteiger partial charge on any atom is 0.339 e. The average Bonchev–Trinajstić information content (AvgIpc) is 2.61. The van der Waals surface area contributed by atoms with E-state index in [4.69, 9.17) is 11.6 Å². The smallest absolute Gasteiger partial charge is 0.339 e. The number of rotatable bonds is 5. The predicted molar refractivity (Wildman–Crippen MR) is 97.3 cm³/mol. The summed E-state index contributed by atoms with van der Waals surface area (Å²) in [5.74, 6) is -1.61. The van der Waals surface area contributed by atoms with Crippen LogP contribution in [0.25, 0.3) is 10.8 Å². The maximum atomic E-state index is 12.7. The molecule has 0 amide bonds. The van der Waals surface area contributed by atoms with E-state index in [2.05, 4.69) is 4.72 Å². The Morgan fingerprint density at radius 1 is 1.08 bits per heavy atom. The van der Waals surface area contributed by atoms with Crippen molar-refractivity contribution < 1.29 is 19.2 Å². The van der Waals surface area contributed by atoms with Gasteiger partial charge in [-0.25, -0.2) is 13.7 Å². The monoisotopic (exact) mass is 375 g/mol. The summed E-state index contributed by atoms with van der Waals surface area (Å²) in [7, 11) is -1.66. The van der Waals surface area contributed by atoms with E-state index in [1.165, 1.54) is 6.07 Å². The van der Waals surface area contributed by atoms with Gasteiger partial charge in [0.1, 0.15) is 22.3 Å². The lowest BCUT2D eigenvalue weighted by Crippen LogP contribution is -2.17. The molecule has 25 heavy (non-hydrogen) atoms. The molecule has 0 fully saturated rings. The van der Waals surface area contributed by atoms with Gasteiger partial charge >= 0.3 is 5.97 Å². The van der Waals surface area contributed by atoms with Gasteiger partial charge in [0.15, 0.2) is 0 Å². The van der Waals surface area contributed by atoms with Gasteiger partial charge in [0.25, 0.3) is 0 Å². The Bertz CT molecular complexity index is 973. The molecule has 0 aliphatic heterocycles. The van der Waals surface area contributed by atoms with Crippen LogP contribution in [0.15, 0.2) is 59.5 Å². The second kappa shape index (κ2) is 7.23. The minimum Gasteiger partial charge on any atom is -0.506 e. The second-order valence-corrected chi connectivity index (χ2v) is 7.04. The summed E-state index contributed by atoms with van der Waals surface area (Å²) in [5, 5.41) is 20.9. The number of aromatic hydroxyl groups is 1.